The molecule has 60 valence electrons. The lowest BCUT2D eigenvalue weighted by atomic mass is 9.95. The highest BCUT2D eigenvalue weighted by Gasteiger charge is 2.23. The van der Waals surface area contributed by atoms with Crippen LogP contribution in [0.15, 0.2) is 11.1 Å². The summed E-state index contributed by atoms with van der Waals surface area (Å²) in [5, 5.41) is 6.01. The average Bonchev–Trinajstić information content (AvgIpc) is 2.04. The molecule has 2 aliphatic heterocycles. The zero-order chi connectivity index (χ0) is 7.68. The van der Waals surface area contributed by atoms with Crippen LogP contribution in [0.3, 0.4) is 0 Å². The van der Waals surface area contributed by atoms with E-state index < -0.39 is 0 Å². The zero-order valence-corrected chi connectivity index (χ0v) is 6.44. The molecule has 3 nitrogen and oxygen atoms in total. The van der Waals surface area contributed by atoms with Gasteiger partial charge in [-0.25, -0.2) is 0 Å². The summed E-state index contributed by atoms with van der Waals surface area (Å²) in [5.74, 6) is 0.155. The third-order valence-electron chi connectivity index (χ3n) is 2.33. The molecule has 2 fully saturated rings. The van der Waals surface area contributed by atoms with Gasteiger partial charge in [0.1, 0.15) is 0 Å². The first-order valence-corrected chi connectivity index (χ1v) is 4.08. The third kappa shape index (κ3) is 1.16. The lowest BCUT2D eigenvalue weighted by Crippen LogP contribution is -2.43. The molecule has 0 aromatic rings. The Hall–Kier alpha value is -0.830. The molecule has 0 spiro atoms. The van der Waals surface area contributed by atoms with Crippen LogP contribution < -0.4 is 10.6 Å². The predicted molar refractivity (Wildman–Crippen MR) is 42.1 cm³/mol. The summed E-state index contributed by atoms with van der Waals surface area (Å²) in [6, 6.07) is 0. The summed E-state index contributed by atoms with van der Waals surface area (Å²) >= 11 is 0. The van der Waals surface area contributed by atoms with Crippen LogP contribution in [0, 0.1) is 0 Å². The van der Waals surface area contributed by atoms with Gasteiger partial charge in [-0.15, -0.1) is 0 Å². The highest BCUT2D eigenvalue weighted by molar-refractivity contribution is 6.00. The standard InChI is InChI=1S/C8H12N2O/c11-8-7(5-10-8)6-1-3-9-4-2-6/h9H,1-5H2,(H,10,11). The summed E-state index contributed by atoms with van der Waals surface area (Å²) in [4.78, 5) is 10.9. The SMILES string of the molecule is O=C1NCC1=C1CCNCC1. The lowest BCUT2D eigenvalue weighted by molar-refractivity contribution is -0.120. The van der Waals surface area contributed by atoms with Crippen molar-refractivity contribution in [2.24, 2.45) is 0 Å². The molecule has 2 N–H and O–H groups in total. The van der Waals surface area contributed by atoms with Crippen LogP contribution in [-0.4, -0.2) is 25.5 Å². The van der Waals surface area contributed by atoms with E-state index in [0.717, 1.165) is 38.0 Å². The maximum atomic E-state index is 10.9. The first-order valence-electron chi connectivity index (χ1n) is 4.08. The van der Waals surface area contributed by atoms with Gasteiger partial charge in [0.15, 0.2) is 0 Å². The van der Waals surface area contributed by atoms with E-state index >= 15 is 0 Å². The van der Waals surface area contributed by atoms with Crippen molar-refractivity contribution in [3.63, 3.8) is 0 Å². The molecule has 0 aromatic carbocycles. The number of amides is 1. The van der Waals surface area contributed by atoms with Crippen LogP contribution in [-0.2, 0) is 4.79 Å². The number of nitrogens with one attached hydrogen (secondary N) is 2. The normalized spacial score (nSPS) is 24.5. The van der Waals surface area contributed by atoms with Crippen LogP contribution >= 0.6 is 0 Å². The number of rotatable bonds is 0. The molecule has 0 radical (unpaired) electrons. The van der Waals surface area contributed by atoms with Crippen LogP contribution in [0.25, 0.3) is 0 Å². The minimum Gasteiger partial charge on any atom is -0.348 e. The Morgan fingerprint density at radius 3 is 2.36 bits per heavy atom. The van der Waals surface area contributed by atoms with Gasteiger partial charge >= 0.3 is 0 Å². The van der Waals surface area contributed by atoms with Crippen molar-refractivity contribution >= 4 is 5.91 Å². The zero-order valence-electron chi connectivity index (χ0n) is 6.44. The molecular weight excluding hydrogens is 140 g/mol. The number of β-lactam (4-membered cyclic amide) rings is 1. The molecule has 1 amide bonds. The van der Waals surface area contributed by atoms with Crippen molar-refractivity contribution in [1.82, 2.24) is 10.6 Å². The van der Waals surface area contributed by atoms with E-state index in [1.807, 2.05) is 0 Å². The summed E-state index contributed by atoms with van der Waals surface area (Å²) < 4.78 is 0. The molecule has 0 aromatic heterocycles. The van der Waals surface area contributed by atoms with Gasteiger partial charge in [-0.3, -0.25) is 4.79 Å². The van der Waals surface area contributed by atoms with E-state index in [0.29, 0.717) is 0 Å². The minimum atomic E-state index is 0.155. The fourth-order valence-electron chi connectivity index (χ4n) is 1.56. The summed E-state index contributed by atoms with van der Waals surface area (Å²) in [6.07, 6.45) is 2.12. The quantitative estimate of drug-likeness (QED) is 0.373. The second-order valence-electron chi connectivity index (χ2n) is 3.01. The van der Waals surface area contributed by atoms with E-state index in [1.165, 1.54) is 5.57 Å². The Bertz CT molecular complexity index is 212. The molecule has 0 bridgehead atoms. The molecule has 2 aliphatic rings. The topological polar surface area (TPSA) is 41.1 Å². The smallest absolute Gasteiger partial charge is 0.249 e. The van der Waals surface area contributed by atoms with Gasteiger partial charge in [0.05, 0.1) is 0 Å². The van der Waals surface area contributed by atoms with Gasteiger partial charge in [-0.05, 0) is 25.9 Å². The van der Waals surface area contributed by atoms with Crippen molar-refractivity contribution in [3.05, 3.63) is 11.1 Å². The van der Waals surface area contributed by atoms with Gasteiger partial charge in [-0.2, -0.15) is 0 Å². The van der Waals surface area contributed by atoms with Gasteiger partial charge in [0.25, 0.3) is 0 Å². The molecule has 0 atom stereocenters. The lowest BCUT2D eigenvalue weighted by Gasteiger charge is -2.25. The fraction of sp³-hybridized carbons (Fsp3) is 0.625. The van der Waals surface area contributed by atoms with Crippen molar-refractivity contribution in [2.75, 3.05) is 19.6 Å². The molecule has 0 saturated carbocycles. The van der Waals surface area contributed by atoms with E-state index in [4.69, 9.17) is 0 Å². The maximum Gasteiger partial charge on any atom is 0.249 e. The molecule has 2 rings (SSSR count). The number of hydrogen-bond donors (Lipinski definition) is 2. The van der Waals surface area contributed by atoms with Crippen molar-refractivity contribution in [2.45, 2.75) is 12.8 Å². The first kappa shape index (κ1) is 6.85. The Balaban J connectivity index is 2.11. The van der Waals surface area contributed by atoms with Gasteiger partial charge < -0.3 is 10.6 Å². The molecule has 0 aliphatic carbocycles. The monoisotopic (exact) mass is 152 g/mol. The van der Waals surface area contributed by atoms with E-state index in [2.05, 4.69) is 10.6 Å². The molecular formula is C8H12N2O. The molecule has 3 heteroatoms. The Labute approximate surface area is 65.9 Å². The van der Waals surface area contributed by atoms with Gasteiger partial charge in [-0.1, -0.05) is 5.57 Å². The molecule has 2 heterocycles. The fourth-order valence-corrected chi connectivity index (χ4v) is 1.56. The second-order valence-corrected chi connectivity index (χ2v) is 3.01. The minimum absolute atomic E-state index is 0.155. The van der Waals surface area contributed by atoms with Gasteiger partial charge in [0.2, 0.25) is 5.91 Å². The van der Waals surface area contributed by atoms with Crippen molar-refractivity contribution < 1.29 is 4.79 Å². The van der Waals surface area contributed by atoms with E-state index in [-0.39, 0.29) is 5.91 Å². The first-order chi connectivity index (χ1) is 5.38. The third-order valence-corrected chi connectivity index (χ3v) is 2.33. The predicted octanol–water partition coefficient (Wildman–Crippen LogP) is -0.204. The average molecular weight is 152 g/mol. The van der Waals surface area contributed by atoms with E-state index in [9.17, 15) is 4.79 Å². The number of carbonyl (C=O) groups excluding carboxylic acids is 1. The second kappa shape index (κ2) is 2.66. The van der Waals surface area contributed by atoms with E-state index in [1.54, 1.807) is 0 Å². The maximum absolute atomic E-state index is 10.9. The van der Waals surface area contributed by atoms with Crippen LogP contribution in [0.1, 0.15) is 12.8 Å². The van der Waals surface area contributed by atoms with Crippen molar-refractivity contribution in [1.29, 1.82) is 0 Å². The number of hydrogen-bond acceptors (Lipinski definition) is 2. The number of piperidine rings is 1. The molecule has 11 heavy (non-hydrogen) atoms. The Morgan fingerprint density at radius 2 is 1.91 bits per heavy atom. The molecule has 0 unspecified atom stereocenters. The summed E-state index contributed by atoms with van der Waals surface area (Å²) in [6.45, 7) is 2.87. The van der Waals surface area contributed by atoms with Gasteiger partial charge in [0, 0.05) is 12.1 Å². The largest absolute Gasteiger partial charge is 0.348 e. The Kier molecular flexibility index (Phi) is 1.66. The van der Waals surface area contributed by atoms with Crippen LogP contribution in [0.2, 0.25) is 0 Å². The van der Waals surface area contributed by atoms with Crippen LogP contribution in [0.4, 0.5) is 0 Å². The highest BCUT2D eigenvalue weighted by Crippen LogP contribution is 2.18. The molecule has 2 saturated heterocycles. The highest BCUT2D eigenvalue weighted by atomic mass is 16.2. The van der Waals surface area contributed by atoms with Crippen LogP contribution in [0.5, 0.6) is 0 Å². The van der Waals surface area contributed by atoms with Crippen molar-refractivity contribution in [3.8, 4) is 0 Å². The Morgan fingerprint density at radius 1 is 1.18 bits per heavy atom. The summed E-state index contributed by atoms with van der Waals surface area (Å²) in [7, 11) is 0. The summed E-state index contributed by atoms with van der Waals surface area (Å²) in [5.41, 5.74) is 2.42. The number of carbonyl (C=O) groups is 1.